The zero-order valence-corrected chi connectivity index (χ0v) is 12.4. The Morgan fingerprint density at radius 1 is 1.20 bits per heavy atom. The van der Waals surface area contributed by atoms with Gasteiger partial charge in [-0.1, -0.05) is 0 Å². The Balaban J connectivity index is 1.96. The second-order valence-corrected chi connectivity index (χ2v) is 6.08. The summed E-state index contributed by atoms with van der Waals surface area (Å²) < 4.78 is 6.59. The molecule has 6 heteroatoms. The second-order valence-electron chi connectivity index (χ2n) is 4.03. The van der Waals surface area contributed by atoms with Gasteiger partial charge in [0.1, 0.15) is 0 Å². The number of aromatic nitrogens is 2. The normalized spacial score (nSPS) is 10.4. The number of nitrogens with one attached hydrogen (secondary N) is 1. The first-order chi connectivity index (χ1) is 9.76. The number of pyridine rings is 1. The van der Waals surface area contributed by atoms with Crippen LogP contribution in [0.5, 0.6) is 5.75 Å². The van der Waals surface area contributed by atoms with Crippen molar-refractivity contribution in [1.82, 2.24) is 9.97 Å². The van der Waals surface area contributed by atoms with Crippen LogP contribution < -0.4 is 15.6 Å². The summed E-state index contributed by atoms with van der Waals surface area (Å²) in [5.41, 5.74) is 0.635. The molecule has 2 aromatic heterocycles. The Morgan fingerprint density at radius 2 is 2.00 bits per heavy atom. The molecule has 0 radical (unpaired) electrons. The van der Waals surface area contributed by atoms with Crippen LogP contribution >= 0.6 is 0 Å². The van der Waals surface area contributed by atoms with Crippen molar-refractivity contribution in [3.63, 3.8) is 0 Å². The van der Waals surface area contributed by atoms with Gasteiger partial charge in [-0.05, 0) is 0 Å². The standard InChI is InChI=1S/C14H11N3O2Se/c1-19-10-6-4-9(5-7-10)16-14-17-12(18)11-3-2-8-15-13(11)20-14/h2-8H,1H3,(H,16,17,18). The van der Waals surface area contributed by atoms with Gasteiger partial charge >= 0.3 is 120 Å². The van der Waals surface area contributed by atoms with E-state index in [4.69, 9.17) is 4.74 Å². The molecule has 3 rings (SSSR count). The van der Waals surface area contributed by atoms with Crippen LogP contribution in [-0.4, -0.2) is 31.6 Å². The van der Waals surface area contributed by atoms with Gasteiger partial charge in [-0.3, -0.25) is 0 Å². The molecule has 0 spiro atoms. The number of rotatable bonds is 3. The van der Waals surface area contributed by atoms with Crippen LogP contribution in [0, 0.1) is 0 Å². The predicted molar refractivity (Wildman–Crippen MR) is 79.0 cm³/mol. The van der Waals surface area contributed by atoms with E-state index >= 15 is 0 Å². The summed E-state index contributed by atoms with van der Waals surface area (Å²) in [6, 6.07) is 11.0. The zero-order valence-electron chi connectivity index (χ0n) is 10.7. The van der Waals surface area contributed by atoms with Crippen molar-refractivity contribution in [2.24, 2.45) is 0 Å². The summed E-state index contributed by atoms with van der Waals surface area (Å²) in [4.78, 5) is 20.2. The van der Waals surface area contributed by atoms with Gasteiger partial charge in [-0.15, -0.1) is 0 Å². The van der Waals surface area contributed by atoms with Gasteiger partial charge in [0.15, 0.2) is 0 Å². The molecule has 3 aromatic rings. The molecule has 0 unspecified atom stereocenters. The summed E-state index contributed by atoms with van der Waals surface area (Å²) in [7, 11) is 1.62. The first-order valence-corrected chi connectivity index (χ1v) is 7.64. The Bertz CT molecular complexity index is 799. The molecule has 5 nitrogen and oxygen atoms in total. The number of methoxy groups -OCH3 is 1. The molecule has 0 bridgehead atoms. The molecular formula is C14H11N3O2Se. The number of hydrogen-bond donors (Lipinski definition) is 1. The van der Waals surface area contributed by atoms with Crippen molar-refractivity contribution < 1.29 is 4.74 Å². The number of benzene rings is 1. The fraction of sp³-hybridized carbons (Fsp3) is 0.0714. The van der Waals surface area contributed by atoms with E-state index in [1.54, 1.807) is 25.4 Å². The van der Waals surface area contributed by atoms with Crippen LogP contribution in [0.25, 0.3) is 9.78 Å². The minimum atomic E-state index is -0.239. The Labute approximate surface area is 121 Å². The van der Waals surface area contributed by atoms with Crippen molar-refractivity contribution in [3.05, 3.63) is 52.9 Å². The zero-order chi connectivity index (χ0) is 13.9. The average molecular weight is 332 g/mol. The quantitative estimate of drug-likeness (QED) is 0.741. The average Bonchev–Trinajstić information content (AvgIpc) is 2.48. The van der Waals surface area contributed by atoms with Gasteiger partial charge < -0.3 is 0 Å². The van der Waals surface area contributed by atoms with Crippen molar-refractivity contribution in [1.29, 1.82) is 0 Å². The topological polar surface area (TPSA) is 64.1 Å². The SMILES string of the molecule is COc1ccc(Nc2nc(=O)c3cccnc3[se]2)cc1. The molecular weight excluding hydrogens is 321 g/mol. The van der Waals surface area contributed by atoms with E-state index in [2.05, 4.69) is 15.3 Å². The van der Waals surface area contributed by atoms with Gasteiger partial charge in [-0.25, -0.2) is 0 Å². The first-order valence-electron chi connectivity index (χ1n) is 5.93. The Hall–Kier alpha value is -2.17. The number of hydrogen-bond acceptors (Lipinski definition) is 5. The number of fused-ring (bicyclic) bond motifs is 1. The number of anilines is 2. The molecule has 2 heterocycles. The number of nitrogens with zero attached hydrogens (tertiary/aromatic N) is 2. The van der Waals surface area contributed by atoms with Crippen molar-refractivity contribution in [2.45, 2.75) is 0 Å². The van der Waals surface area contributed by atoms with Gasteiger partial charge in [-0.2, -0.15) is 0 Å². The molecule has 0 aliphatic heterocycles. The molecule has 1 N–H and O–H groups in total. The molecule has 0 fully saturated rings. The summed E-state index contributed by atoms with van der Waals surface area (Å²) in [6.45, 7) is 0. The third kappa shape index (κ3) is 2.57. The van der Waals surface area contributed by atoms with Crippen LogP contribution in [0.4, 0.5) is 10.4 Å². The van der Waals surface area contributed by atoms with Crippen LogP contribution in [0.15, 0.2) is 47.4 Å². The van der Waals surface area contributed by atoms with Gasteiger partial charge in [0.2, 0.25) is 0 Å². The summed E-state index contributed by atoms with van der Waals surface area (Å²) in [5.74, 6) is 0.787. The summed E-state index contributed by atoms with van der Waals surface area (Å²) in [5, 5.41) is 3.77. The molecule has 100 valence electrons. The monoisotopic (exact) mass is 333 g/mol. The van der Waals surface area contributed by atoms with E-state index in [-0.39, 0.29) is 20.1 Å². The van der Waals surface area contributed by atoms with Crippen LogP contribution in [0.2, 0.25) is 0 Å². The van der Waals surface area contributed by atoms with Gasteiger partial charge in [0.25, 0.3) is 0 Å². The molecule has 0 amide bonds. The Kier molecular flexibility index (Phi) is 3.50. The molecule has 0 atom stereocenters. The minimum absolute atomic E-state index is 0.0928. The van der Waals surface area contributed by atoms with Crippen molar-refractivity contribution in [3.8, 4) is 5.75 Å². The van der Waals surface area contributed by atoms with Gasteiger partial charge in [0.05, 0.1) is 0 Å². The maximum absolute atomic E-state index is 11.9. The van der Waals surface area contributed by atoms with E-state index in [1.807, 2.05) is 24.3 Å². The summed E-state index contributed by atoms with van der Waals surface area (Å²) >= 11 is -0.0928. The molecule has 1 aromatic carbocycles. The Morgan fingerprint density at radius 3 is 2.75 bits per heavy atom. The summed E-state index contributed by atoms with van der Waals surface area (Å²) in [6.07, 6.45) is 1.70. The van der Waals surface area contributed by atoms with Crippen molar-refractivity contribution in [2.75, 3.05) is 12.4 Å². The van der Waals surface area contributed by atoms with E-state index in [9.17, 15) is 4.79 Å². The fourth-order valence-electron chi connectivity index (χ4n) is 1.75. The molecule has 20 heavy (non-hydrogen) atoms. The third-order valence-corrected chi connectivity index (χ3v) is 4.64. The van der Waals surface area contributed by atoms with Crippen molar-refractivity contribution >= 4 is 34.7 Å². The first kappa shape index (κ1) is 12.8. The van der Waals surface area contributed by atoms with Crippen LogP contribution in [-0.2, 0) is 0 Å². The fourth-order valence-corrected chi connectivity index (χ4v) is 3.56. The molecule has 0 aliphatic rings. The predicted octanol–water partition coefficient (Wildman–Crippen LogP) is 1.80. The van der Waals surface area contributed by atoms with E-state index in [1.165, 1.54) is 0 Å². The second kappa shape index (κ2) is 5.44. The molecule has 0 saturated heterocycles. The van der Waals surface area contributed by atoms with E-state index in [0.29, 0.717) is 10.1 Å². The molecule has 0 aliphatic carbocycles. The number of ether oxygens (including phenoxy) is 1. The maximum atomic E-state index is 11.9. The van der Waals surface area contributed by atoms with Gasteiger partial charge in [0, 0.05) is 0 Å². The third-order valence-electron chi connectivity index (χ3n) is 2.74. The van der Waals surface area contributed by atoms with Crippen LogP contribution in [0.3, 0.4) is 0 Å². The molecule has 0 saturated carbocycles. The van der Waals surface area contributed by atoms with Crippen LogP contribution in [0.1, 0.15) is 0 Å². The van der Waals surface area contributed by atoms with E-state index < -0.39 is 0 Å². The van der Waals surface area contributed by atoms with E-state index in [0.717, 1.165) is 15.8 Å².